The van der Waals surface area contributed by atoms with Crippen molar-refractivity contribution in [3.05, 3.63) is 34.3 Å². The third-order valence-corrected chi connectivity index (χ3v) is 1.83. The molecule has 0 saturated heterocycles. The van der Waals surface area contributed by atoms with E-state index in [-0.39, 0.29) is 0 Å². The molecule has 0 atom stereocenters. The Morgan fingerprint density at radius 3 is 3.08 bits per heavy atom. The fourth-order valence-electron chi connectivity index (χ4n) is 0.727. The van der Waals surface area contributed by atoms with Crippen LogP contribution in [-0.4, -0.2) is 10.9 Å². The molecule has 64 valence electrons. The topological polar surface area (TPSA) is 12.9 Å². The van der Waals surface area contributed by atoms with Crippen LogP contribution in [0.1, 0.15) is 5.56 Å². The summed E-state index contributed by atoms with van der Waals surface area (Å²) in [6, 6.07) is 1.64. The van der Waals surface area contributed by atoms with Crippen LogP contribution in [-0.2, 0) is 0 Å². The van der Waals surface area contributed by atoms with Gasteiger partial charge in [-0.1, -0.05) is 12.2 Å². The normalized spacial score (nSPS) is 10.9. The number of allylic oxidation sites excluding steroid dienone is 1. The minimum atomic E-state index is -0.487. The zero-order chi connectivity index (χ0) is 8.97. The molecule has 0 aliphatic carbocycles. The highest BCUT2D eigenvalue weighted by Crippen LogP contribution is 2.14. The van der Waals surface area contributed by atoms with E-state index in [0.717, 1.165) is 4.47 Å². The predicted molar refractivity (Wildman–Crippen MR) is 51.6 cm³/mol. The molecule has 0 amide bonds. The first-order valence-electron chi connectivity index (χ1n) is 3.27. The summed E-state index contributed by atoms with van der Waals surface area (Å²) in [7, 11) is 0. The van der Waals surface area contributed by atoms with Gasteiger partial charge in [0, 0.05) is 22.1 Å². The van der Waals surface area contributed by atoms with Gasteiger partial charge >= 0.3 is 0 Å². The highest BCUT2D eigenvalue weighted by atomic mass is 79.9. The highest BCUT2D eigenvalue weighted by molar-refractivity contribution is 9.10. The first kappa shape index (κ1) is 9.68. The van der Waals surface area contributed by atoms with Crippen LogP contribution < -0.4 is 0 Å². The molecule has 4 heteroatoms. The van der Waals surface area contributed by atoms with Crippen LogP contribution in [0.4, 0.5) is 4.39 Å². The summed E-state index contributed by atoms with van der Waals surface area (Å²) >= 11 is 8.59. The van der Waals surface area contributed by atoms with Crippen LogP contribution in [0.15, 0.2) is 22.8 Å². The molecule has 0 aliphatic heterocycles. The zero-order valence-electron chi connectivity index (χ0n) is 6.10. The van der Waals surface area contributed by atoms with Crippen LogP contribution in [0.3, 0.4) is 0 Å². The van der Waals surface area contributed by atoms with Crippen molar-refractivity contribution in [3.63, 3.8) is 0 Å². The largest absolute Gasteiger partial charge is 0.227 e. The molecule has 0 saturated carbocycles. The first-order valence-corrected chi connectivity index (χ1v) is 4.60. The minimum Gasteiger partial charge on any atom is -0.227 e. The van der Waals surface area contributed by atoms with Crippen molar-refractivity contribution in [2.45, 2.75) is 0 Å². The molecule has 12 heavy (non-hydrogen) atoms. The van der Waals surface area contributed by atoms with Gasteiger partial charge < -0.3 is 0 Å². The Labute approximate surface area is 83.4 Å². The van der Waals surface area contributed by atoms with Crippen LogP contribution in [0.2, 0.25) is 0 Å². The Hall–Kier alpha value is -0.410. The van der Waals surface area contributed by atoms with E-state index < -0.39 is 5.95 Å². The highest BCUT2D eigenvalue weighted by Gasteiger charge is 1.99. The molecular weight excluding hydrogens is 244 g/mol. The average Bonchev–Trinajstić information content (AvgIpc) is 2.07. The van der Waals surface area contributed by atoms with E-state index in [0.29, 0.717) is 11.4 Å². The Kier molecular flexibility index (Phi) is 3.69. The Bertz CT molecular complexity index is 301. The second-order valence-electron chi connectivity index (χ2n) is 2.09. The molecule has 1 aromatic heterocycles. The molecule has 0 bridgehead atoms. The fourth-order valence-corrected chi connectivity index (χ4v) is 1.16. The summed E-state index contributed by atoms with van der Waals surface area (Å²) in [6.07, 6.45) is 4.67. The van der Waals surface area contributed by atoms with E-state index in [1.165, 1.54) is 6.20 Å². The molecule has 0 spiro atoms. The van der Waals surface area contributed by atoms with Gasteiger partial charge in [0.2, 0.25) is 5.95 Å². The number of alkyl halides is 1. The summed E-state index contributed by atoms with van der Waals surface area (Å²) < 4.78 is 13.6. The van der Waals surface area contributed by atoms with Crippen molar-refractivity contribution in [2.24, 2.45) is 0 Å². The molecule has 0 aromatic carbocycles. The maximum atomic E-state index is 12.9. The van der Waals surface area contributed by atoms with E-state index in [1.54, 1.807) is 18.2 Å². The first-order chi connectivity index (χ1) is 5.74. The Morgan fingerprint density at radius 1 is 1.67 bits per heavy atom. The molecular formula is C8H6BrClFN. The van der Waals surface area contributed by atoms with E-state index >= 15 is 0 Å². The van der Waals surface area contributed by atoms with Crippen LogP contribution >= 0.6 is 27.5 Å². The standard InChI is InChI=1S/C8H6BrClFN/c9-7-4-6(2-1-3-10)8(11)12-5-7/h1-2,4-5H,3H2. The van der Waals surface area contributed by atoms with Crippen LogP contribution in [0, 0.1) is 5.95 Å². The van der Waals surface area contributed by atoms with Crippen molar-refractivity contribution in [3.8, 4) is 0 Å². The molecule has 0 unspecified atom stereocenters. The molecule has 1 aromatic rings. The van der Waals surface area contributed by atoms with Gasteiger partial charge in [0.1, 0.15) is 0 Å². The van der Waals surface area contributed by atoms with Gasteiger partial charge in [0.15, 0.2) is 0 Å². The fraction of sp³-hybridized carbons (Fsp3) is 0.125. The number of hydrogen-bond acceptors (Lipinski definition) is 1. The number of pyridine rings is 1. The Morgan fingerprint density at radius 2 is 2.42 bits per heavy atom. The average molecular weight is 250 g/mol. The van der Waals surface area contributed by atoms with E-state index in [2.05, 4.69) is 20.9 Å². The van der Waals surface area contributed by atoms with E-state index in [4.69, 9.17) is 11.6 Å². The maximum Gasteiger partial charge on any atom is 0.220 e. The summed E-state index contributed by atoms with van der Waals surface area (Å²) in [5, 5.41) is 0. The summed E-state index contributed by atoms with van der Waals surface area (Å²) in [4.78, 5) is 3.52. The van der Waals surface area contributed by atoms with Gasteiger partial charge in [-0.2, -0.15) is 4.39 Å². The SMILES string of the molecule is Fc1ncc(Br)cc1C=CCCl. The number of hydrogen-bond donors (Lipinski definition) is 0. The van der Waals surface area contributed by atoms with E-state index in [9.17, 15) is 4.39 Å². The predicted octanol–water partition coefficient (Wildman–Crippen LogP) is 3.24. The monoisotopic (exact) mass is 249 g/mol. The van der Waals surface area contributed by atoms with Crippen molar-refractivity contribution < 1.29 is 4.39 Å². The molecule has 0 fully saturated rings. The van der Waals surface area contributed by atoms with Crippen LogP contribution in [0.5, 0.6) is 0 Å². The molecule has 0 radical (unpaired) electrons. The molecule has 1 rings (SSSR count). The summed E-state index contributed by atoms with van der Waals surface area (Å²) in [5.74, 6) is -0.119. The van der Waals surface area contributed by atoms with Crippen molar-refractivity contribution in [1.29, 1.82) is 0 Å². The lowest BCUT2D eigenvalue weighted by molar-refractivity contribution is 0.580. The molecule has 0 N–H and O–H groups in total. The summed E-state index contributed by atoms with van der Waals surface area (Å²) in [5.41, 5.74) is 0.435. The molecule has 0 aliphatic rings. The molecule has 1 nitrogen and oxygen atoms in total. The van der Waals surface area contributed by atoms with E-state index in [1.807, 2.05) is 0 Å². The van der Waals surface area contributed by atoms with Gasteiger partial charge in [-0.25, -0.2) is 4.98 Å². The lowest BCUT2D eigenvalue weighted by atomic mass is 10.2. The van der Waals surface area contributed by atoms with Crippen molar-refractivity contribution >= 4 is 33.6 Å². The third-order valence-electron chi connectivity index (χ3n) is 1.22. The third kappa shape index (κ3) is 2.57. The lowest BCUT2D eigenvalue weighted by Gasteiger charge is -1.95. The Balaban J connectivity index is 2.97. The van der Waals surface area contributed by atoms with Gasteiger partial charge in [0.05, 0.1) is 0 Å². The van der Waals surface area contributed by atoms with Gasteiger partial charge in [-0.15, -0.1) is 11.6 Å². The van der Waals surface area contributed by atoms with Crippen molar-refractivity contribution in [2.75, 3.05) is 5.88 Å². The number of aromatic nitrogens is 1. The van der Waals surface area contributed by atoms with Crippen molar-refractivity contribution in [1.82, 2.24) is 4.98 Å². The maximum absolute atomic E-state index is 12.9. The van der Waals surface area contributed by atoms with Gasteiger partial charge in [-0.05, 0) is 22.0 Å². The quantitative estimate of drug-likeness (QED) is 0.580. The number of nitrogens with zero attached hydrogens (tertiary/aromatic N) is 1. The summed E-state index contributed by atoms with van der Waals surface area (Å²) in [6.45, 7) is 0. The minimum absolute atomic E-state index is 0.367. The number of halogens is 3. The zero-order valence-corrected chi connectivity index (χ0v) is 8.44. The van der Waals surface area contributed by atoms with Gasteiger partial charge in [0.25, 0.3) is 0 Å². The van der Waals surface area contributed by atoms with Crippen LogP contribution in [0.25, 0.3) is 6.08 Å². The molecule has 1 heterocycles. The lowest BCUT2D eigenvalue weighted by Crippen LogP contribution is -1.86. The smallest absolute Gasteiger partial charge is 0.220 e. The second-order valence-corrected chi connectivity index (χ2v) is 3.31. The van der Waals surface area contributed by atoms with Gasteiger partial charge in [-0.3, -0.25) is 0 Å². The second kappa shape index (κ2) is 4.58. The number of rotatable bonds is 2.